The predicted octanol–water partition coefficient (Wildman–Crippen LogP) is 3.86. The number of carbonyl (C=O) groups excluding carboxylic acids is 1. The van der Waals surface area contributed by atoms with E-state index in [1.807, 2.05) is 0 Å². The van der Waals surface area contributed by atoms with Crippen molar-refractivity contribution in [2.24, 2.45) is 0 Å². The highest BCUT2D eigenvalue weighted by Gasteiger charge is 2.30. The minimum Gasteiger partial charge on any atom is -0.468 e. The van der Waals surface area contributed by atoms with Crippen molar-refractivity contribution in [1.82, 2.24) is 10.4 Å². The van der Waals surface area contributed by atoms with Crippen LogP contribution in [-0.4, -0.2) is 36.5 Å². The molecule has 0 bridgehead atoms. The third kappa shape index (κ3) is 8.11. The largest absolute Gasteiger partial charge is 0.468 e. The van der Waals surface area contributed by atoms with Gasteiger partial charge < -0.3 is 9.47 Å². The fourth-order valence-electron chi connectivity index (χ4n) is 1.81. The molecule has 1 aromatic carbocycles. The molecule has 1 heterocycles. The molecule has 2 rings (SSSR count). The van der Waals surface area contributed by atoms with Crippen LogP contribution < -0.4 is 20.3 Å². The smallest absolute Gasteiger partial charge is 0.422 e. The zero-order chi connectivity index (χ0) is 21.7. The van der Waals surface area contributed by atoms with Crippen molar-refractivity contribution in [3.05, 3.63) is 47.8 Å². The summed E-state index contributed by atoms with van der Waals surface area (Å²) in [4.78, 5) is 15.5. The first-order chi connectivity index (χ1) is 13.4. The van der Waals surface area contributed by atoms with Crippen molar-refractivity contribution in [1.29, 1.82) is 0 Å². The van der Waals surface area contributed by atoms with Crippen LogP contribution in [0.3, 0.4) is 0 Å². The van der Waals surface area contributed by atoms with E-state index in [9.17, 15) is 35.5 Å². The minimum absolute atomic E-state index is 0.260. The van der Waals surface area contributed by atoms with Gasteiger partial charge in [-0.15, -0.1) is 0 Å². The van der Waals surface area contributed by atoms with E-state index in [4.69, 9.17) is 0 Å². The molecular formula is C16H12F7N3O3. The number of anilines is 1. The highest BCUT2D eigenvalue weighted by Crippen LogP contribution is 2.23. The normalized spacial score (nSPS) is 11.7. The Bertz CT molecular complexity index is 803. The Morgan fingerprint density at radius 1 is 0.897 bits per heavy atom. The van der Waals surface area contributed by atoms with Crippen LogP contribution in [0.4, 0.5) is 36.4 Å². The lowest BCUT2D eigenvalue weighted by molar-refractivity contribution is -0.155. The third-order valence-corrected chi connectivity index (χ3v) is 2.97. The van der Waals surface area contributed by atoms with E-state index < -0.39 is 54.6 Å². The second kappa shape index (κ2) is 8.84. The van der Waals surface area contributed by atoms with Gasteiger partial charge in [-0.2, -0.15) is 31.3 Å². The molecule has 0 fully saturated rings. The van der Waals surface area contributed by atoms with E-state index >= 15 is 0 Å². The van der Waals surface area contributed by atoms with Gasteiger partial charge in [-0.1, -0.05) is 0 Å². The van der Waals surface area contributed by atoms with Gasteiger partial charge in [-0.05, 0) is 24.3 Å². The summed E-state index contributed by atoms with van der Waals surface area (Å²) in [5, 5.41) is 0. The maximum atomic E-state index is 12.8. The first-order valence-electron chi connectivity index (χ1n) is 7.64. The van der Waals surface area contributed by atoms with E-state index in [1.165, 1.54) is 12.1 Å². The Morgan fingerprint density at radius 2 is 1.38 bits per heavy atom. The zero-order valence-corrected chi connectivity index (χ0v) is 14.2. The van der Waals surface area contributed by atoms with Gasteiger partial charge in [0.05, 0.1) is 11.3 Å². The number of pyridine rings is 1. The molecule has 1 amide bonds. The van der Waals surface area contributed by atoms with Gasteiger partial charge in [0.15, 0.2) is 13.2 Å². The average molecular weight is 427 g/mol. The molecule has 1 aromatic heterocycles. The quantitative estimate of drug-likeness (QED) is 0.519. The van der Waals surface area contributed by atoms with Crippen molar-refractivity contribution in [2.45, 2.75) is 12.4 Å². The summed E-state index contributed by atoms with van der Waals surface area (Å²) in [6.45, 7) is -3.56. The molecule has 0 aliphatic heterocycles. The molecule has 29 heavy (non-hydrogen) atoms. The molecule has 0 radical (unpaired) electrons. The number of alkyl halides is 6. The van der Waals surface area contributed by atoms with Crippen molar-refractivity contribution in [3.63, 3.8) is 0 Å². The Kier molecular flexibility index (Phi) is 6.72. The first kappa shape index (κ1) is 22.0. The molecular weight excluding hydrogens is 415 g/mol. The fourth-order valence-corrected chi connectivity index (χ4v) is 1.81. The van der Waals surface area contributed by atoms with Crippen LogP contribution >= 0.6 is 0 Å². The van der Waals surface area contributed by atoms with Crippen molar-refractivity contribution in [3.8, 4) is 11.8 Å². The summed E-state index contributed by atoms with van der Waals surface area (Å²) in [5.41, 5.74) is 4.39. The van der Waals surface area contributed by atoms with Crippen molar-refractivity contribution >= 4 is 11.6 Å². The lowest BCUT2D eigenvalue weighted by atomic mass is 10.2. The second-order valence-electron chi connectivity index (χ2n) is 5.43. The number of hydrazine groups is 1. The number of carbonyl (C=O) groups is 1. The Labute approximate surface area is 158 Å². The molecule has 158 valence electrons. The van der Waals surface area contributed by atoms with E-state index in [2.05, 4.69) is 25.3 Å². The molecule has 0 saturated heterocycles. The molecule has 0 atom stereocenters. The SMILES string of the molecule is O=C(NNc1ccc(F)cc1)c1cc(OCC(F)(F)F)nc(OCC(F)(F)F)c1. The van der Waals surface area contributed by atoms with Crippen LogP contribution in [0.5, 0.6) is 11.8 Å². The Hall–Kier alpha value is -3.25. The van der Waals surface area contributed by atoms with Crippen LogP contribution in [0.15, 0.2) is 36.4 Å². The number of aromatic nitrogens is 1. The molecule has 0 aliphatic rings. The Balaban J connectivity index is 2.15. The number of benzene rings is 1. The zero-order valence-electron chi connectivity index (χ0n) is 14.2. The number of nitrogens with zero attached hydrogens (tertiary/aromatic N) is 1. The lowest BCUT2D eigenvalue weighted by Gasteiger charge is -2.14. The summed E-state index contributed by atoms with van der Waals surface area (Å²) >= 11 is 0. The number of hydrogen-bond acceptors (Lipinski definition) is 5. The Morgan fingerprint density at radius 3 is 1.83 bits per heavy atom. The highest BCUT2D eigenvalue weighted by atomic mass is 19.4. The molecule has 2 N–H and O–H groups in total. The molecule has 13 heteroatoms. The predicted molar refractivity (Wildman–Crippen MR) is 84.8 cm³/mol. The van der Waals surface area contributed by atoms with Crippen LogP contribution in [0, 0.1) is 5.82 Å². The third-order valence-electron chi connectivity index (χ3n) is 2.97. The summed E-state index contributed by atoms with van der Waals surface area (Å²) in [5.74, 6) is -3.03. The summed E-state index contributed by atoms with van der Waals surface area (Å²) in [6, 6.07) is 6.30. The molecule has 0 spiro atoms. The van der Waals surface area contributed by atoms with Gasteiger partial charge in [-0.3, -0.25) is 15.6 Å². The minimum atomic E-state index is -4.74. The van der Waals surface area contributed by atoms with Gasteiger partial charge in [0.25, 0.3) is 5.91 Å². The lowest BCUT2D eigenvalue weighted by Crippen LogP contribution is -2.29. The number of halogens is 7. The van der Waals surface area contributed by atoms with Gasteiger partial charge in [-0.25, -0.2) is 4.39 Å². The van der Waals surface area contributed by atoms with Gasteiger partial charge >= 0.3 is 12.4 Å². The number of hydrogen-bond donors (Lipinski definition) is 2. The van der Waals surface area contributed by atoms with Crippen LogP contribution in [0.25, 0.3) is 0 Å². The number of amides is 1. The van der Waals surface area contributed by atoms with Gasteiger partial charge in [0, 0.05) is 12.1 Å². The van der Waals surface area contributed by atoms with Crippen molar-refractivity contribution < 1.29 is 45.0 Å². The molecule has 0 unspecified atom stereocenters. The number of nitrogens with one attached hydrogen (secondary N) is 2. The first-order valence-corrected chi connectivity index (χ1v) is 7.64. The summed E-state index contributed by atoms with van der Waals surface area (Å²) in [6.07, 6.45) is -9.48. The van der Waals surface area contributed by atoms with Crippen LogP contribution in [0.2, 0.25) is 0 Å². The van der Waals surface area contributed by atoms with Crippen molar-refractivity contribution in [2.75, 3.05) is 18.6 Å². The van der Waals surface area contributed by atoms with Gasteiger partial charge in [0.1, 0.15) is 5.82 Å². The maximum Gasteiger partial charge on any atom is 0.422 e. The van der Waals surface area contributed by atoms with Crippen LogP contribution in [-0.2, 0) is 0 Å². The average Bonchev–Trinajstić information content (AvgIpc) is 2.63. The standard InChI is InChI=1S/C16H12F7N3O3/c17-10-1-3-11(4-2-10)25-26-14(27)9-5-12(28-7-15(18,19)20)24-13(6-9)29-8-16(21,22)23/h1-6,25H,7-8H2,(H,26,27). The van der Waals surface area contributed by atoms with Gasteiger partial charge in [0.2, 0.25) is 11.8 Å². The van der Waals surface area contributed by atoms with E-state index in [0.29, 0.717) is 0 Å². The molecule has 0 saturated carbocycles. The fraction of sp³-hybridized carbons (Fsp3) is 0.250. The van der Waals surface area contributed by atoms with E-state index in [1.54, 1.807) is 0 Å². The number of rotatable bonds is 7. The second-order valence-corrected chi connectivity index (χ2v) is 5.43. The topological polar surface area (TPSA) is 72.5 Å². The molecule has 6 nitrogen and oxygen atoms in total. The summed E-state index contributed by atoms with van der Waals surface area (Å²) < 4.78 is 95.3. The maximum absolute atomic E-state index is 12.8. The molecule has 2 aromatic rings. The van der Waals surface area contributed by atoms with Crippen LogP contribution in [0.1, 0.15) is 10.4 Å². The molecule has 0 aliphatic carbocycles. The van der Waals surface area contributed by atoms with E-state index in [-0.39, 0.29) is 5.69 Å². The number of ether oxygens (including phenoxy) is 2. The monoisotopic (exact) mass is 427 g/mol. The summed E-state index contributed by atoms with van der Waals surface area (Å²) in [7, 11) is 0. The van der Waals surface area contributed by atoms with E-state index in [0.717, 1.165) is 24.3 Å². The highest BCUT2D eigenvalue weighted by molar-refractivity contribution is 5.95.